The summed E-state index contributed by atoms with van der Waals surface area (Å²) < 4.78 is 20.4. The average Bonchev–Trinajstić information content (AvgIpc) is 3.29. The molecule has 1 fully saturated rings. The molecular weight excluding hydrogens is 435 g/mol. The number of benzene rings is 2. The van der Waals surface area contributed by atoms with Crippen molar-refractivity contribution in [1.29, 1.82) is 0 Å². The zero-order valence-corrected chi connectivity index (χ0v) is 19.9. The summed E-state index contributed by atoms with van der Waals surface area (Å²) in [5, 5.41) is 4.43. The van der Waals surface area contributed by atoms with E-state index in [2.05, 4.69) is 5.10 Å². The summed E-state index contributed by atoms with van der Waals surface area (Å²) in [7, 11) is 1.59. The van der Waals surface area contributed by atoms with Gasteiger partial charge in [-0.2, -0.15) is 5.10 Å². The van der Waals surface area contributed by atoms with E-state index in [1.807, 2.05) is 26.8 Å². The number of hydrogen-bond acceptors (Lipinski definition) is 4. The van der Waals surface area contributed by atoms with Crippen LogP contribution in [-0.2, 0) is 0 Å². The predicted molar refractivity (Wildman–Crippen MR) is 127 cm³/mol. The van der Waals surface area contributed by atoms with Crippen LogP contribution in [0.25, 0.3) is 5.69 Å². The molecule has 2 heterocycles. The summed E-state index contributed by atoms with van der Waals surface area (Å²) in [4.78, 5) is 29.9. The third-order valence-electron chi connectivity index (χ3n) is 6.16. The van der Waals surface area contributed by atoms with Gasteiger partial charge in [0.05, 0.1) is 30.3 Å². The highest BCUT2D eigenvalue weighted by Gasteiger charge is 2.29. The topological polar surface area (TPSA) is 67.7 Å². The van der Waals surface area contributed by atoms with Crippen molar-refractivity contribution in [3.05, 3.63) is 76.9 Å². The van der Waals surface area contributed by atoms with Gasteiger partial charge in [-0.3, -0.25) is 9.59 Å². The lowest BCUT2D eigenvalue weighted by Crippen LogP contribution is -2.50. The standard InChI is InChI=1S/C26H29FN4O3/c1-17(2)24-22(16-28-31(24)21-9-7-20(27)8-10-21)26(33)30-13-11-29(12-14-30)25(32)19-6-5-18(3)23(15-19)34-4/h5-10,15-17H,11-14H2,1-4H3. The monoisotopic (exact) mass is 464 g/mol. The Bertz CT molecular complexity index is 1200. The van der Waals surface area contributed by atoms with E-state index < -0.39 is 0 Å². The zero-order chi connectivity index (χ0) is 24.4. The molecule has 2 amide bonds. The number of nitrogens with zero attached hydrogens (tertiary/aromatic N) is 4. The quantitative estimate of drug-likeness (QED) is 0.571. The van der Waals surface area contributed by atoms with Crippen LogP contribution in [0.5, 0.6) is 5.75 Å². The minimum Gasteiger partial charge on any atom is -0.496 e. The van der Waals surface area contributed by atoms with Crippen LogP contribution in [0.15, 0.2) is 48.7 Å². The Morgan fingerprint density at radius 2 is 1.59 bits per heavy atom. The molecule has 0 aliphatic carbocycles. The lowest BCUT2D eigenvalue weighted by molar-refractivity contribution is 0.0534. The number of ether oxygens (including phenoxy) is 1. The molecule has 4 rings (SSSR count). The van der Waals surface area contributed by atoms with E-state index in [9.17, 15) is 14.0 Å². The molecule has 0 saturated carbocycles. The number of piperazine rings is 1. The lowest BCUT2D eigenvalue weighted by atomic mass is 10.0. The van der Waals surface area contributed by atoms with E-state index in [0.717, 1.165) is 11.3 Å². The molecule has 0 atom stereocenters. The fourth-order valence-electron chi connectivity index (χ4n) is 4.28. The molecule has 1 aromatic heterocycles. The smallest absolute Gasteiger partial charge is 0.257 e. The molecule has 0 bridgehead atoms. The second kappa shape index (κ2) is 9.67. The van der Waals surface area contributed by atoms with Crippen LogP contribution in [-0.4, -0.2) is 64.7 Å². The molecule has 8 heteroatoms. The van der Waals surface area contributed by atoms with Crippen molar-refractivity contribution in [2.45, 2.75) is 26.7 Å². The molecule has 1 saturated heterocycles. The molecule has 34 heavy (non-hydrogen) atoms. The van der Waals surface area contributed by atoms with E-state index in [-0.39, 0.29) is 23.5 Å². The molecular formula is C26H29FN4O3. The van der Waals surface area contributed by atoms with Crippen molar-refractivity contribution in [3.8, 4) is 11.4 Å². The van der Waals surface area contributed by atoms with E-state index >= 15 is 0 Å². The molecule has 178 valence electrons. The first-order valence-electron chi connectivity index (χ1n) is 11.4. The van der Waals surface area contributed by atoms with Gasteiger partial charge in [0.1, 0.15) is 11.6 Å². The fourth-order valence-corrected chi connectivity index (χ4v) is 4.28. The highest BCUT2D eigenvalue weighted by atomic mass is 19.1. The van der Waals surface area contributed by atoms with Gasteiger partial charge in [-0.05, 0) is 54.8 Å². The number of aryl methyl sites for hydroxylation is 1. The van der Waals surface area contributed by atoms with Crippen LogP contribution in [0.3, 0.4) is 0 Å². The van der Waals surface area contributed by atoms with Crippen LogP contribution in [0.4, 0.5) is 4.39 Å². The van der Waals surface area contributed by atoms with Gasteiger partial charge < -0.3 is 14.5 Å². The number of carbonyl (C=O) groups excluding carboxylic acids is 2. The largest absolute Gasteiger partial charge is 0.496 e. The second-order valence-corrected chi connectivity index (χ2v) is 8.76. The van der Waals surface area contributed by atoms with Crippen molar-refractivity contribution in [2.75, 3.05) is 33.3 Å². The Labute approximate surface area is 198 Å². The van der Waals surface area contributed by atoms with Gasteiger partial charge in [-0.15, -0.1) is 0 Å². The number of carbonyl (C=O) groups is 2. The number of aromatic nitrogens is 2. The lowest BCUT2D eigenvalue weighted by Gasteiger charge is -2.35. The van der Waals surface area contributed by atoms with Gasteiger partial charge in [0.25, 0.3) is 11.8 Å². The van der Waals surface area contributed by atoms with E-state index in [4.69, 9.17) is 4.74 Å². The van der Waals surface area contributed by atoms with Crippen LogP contribution in [0, 0.1) is 12.7 Å². The SMILES string of the molecule is COc1cc(C(=O)N2CCN(C(=O)c3cnn(-c4ccc(F)cc4)c3C(C)C)CC2)ccc1C. The molecule has 0 unspecified atom stereocenters. The van der Waals surface area contributed by atoms with Gasteiger partial charge in [-0.1, -0.05) is 19.9 Å². The summed E-state index contributed by atoms with van der Waals surface area (Å²) in [6.45, 7) is 7.70. The van der Waals surface area contributed by atoms with Gasteiger partial charge in [-0.25, -0.2) is 9.07 Å². The maximum absolute atomic E-state index is 13.4. The number of hydrogen-bond donors (Lipinski definition) is 0. The molecule has 3 aromatic rings. The molecule has 0 spiro atoms. The summed E-state index contributed by atoms with van der Waals surface area (Å²) >= 11 is 0. The third kappa shape index (κ3) is 4.53. The van der Waals surface area contributed by atoms with Crippen molar-refractivity contribution in [3.63, 3.8) is 0 Å². The van der Waals surface area contributed by atoms with Crippen LogP contribution in [0.2, 0.25) is 0 Å². The number of amides is 2. The Kier molecular flexibility index (Phi) is 6.68. The first-order valence-corrected chi connectivity index (χ1v) is 11.4. The Morgan fingerprint density at radius 1 is 0.971 bits per heavy atom. The second-order valence-electron chi connectivity index (χ2n) is 8.76. The fraction of sp³-hybridized carbons (Fsp3) is 0.346. The van der Waals surface area contributed by atoms with Crippen LogP contribution in [0.1, 0.15) is 51.7 Å². The molecule has 7 nitrogen and oxygen atoms in total. The molecule has 1 aliphatic heterocycles. The van der Waals surface area contributed by atoms with E-state index in [0.29, 0.717) is 48.7 Å². The highest BCUT2D eigenvalue weighted by molar-refractivity contribution is 5.97. The van der Waals surface area contributed by atoms with Gasteiger partial charge >= 0.3 is 0 Å². The van der Waals surface area contributed by atoms with Gasteiger partial charge in [0.15, 0.2) is 0 Å². The van der Waals surface area contributed by atoms with E-state index in [1.165, 1.54) is 12.1 Å². The van der Waals surface area contributed by atoms with Crippen molar-refractivity contribution >= 4 is 11.8 Å². The zero-order valence-electron chi connectivity index (χ0n) is 19.9. The third-order valence-corrected chi connectivity index (χ3v) is 6.16. The molecule has 0 N–H and O–H groups in total. The summed E-state index contributed by atoms with van der Waals surface area (Å²) in [6.07, 6.45) is 1.58. The van der Waals surface area contributed by atoms with Gasteiger partial charge in [0.2, 0.25) is 0 Å². The molecule has 1 aliphatic rings. The number of rotatable bonds is 5. The van der Waals surface area contributed by atoms with Crippen molar-refractivity contribution in [1.82, 2.24) is 19.6 Å². The summed E-state index contributed by atoms with van der Waals surface area (Å²) in [6, 6.07) is 11.5. The molecule has 0 radical (unpaired) electrons. The first kappa shape index (κ1) is 23.5. The van der Waals surface area contributed by atoms with Crippen LogP contribution < -0.4 is 4.74 Å². The highest BCUT2D eigenvalue weighted by Crippen LogP contribution is 2.25. The maximum atomic E-state index is 13.4. The number of halogens is 1. The maximum Gasteiger partial charge on any atom is 0.257 e. The van der Waals surface area contributed by atoms with E-state index in [1.54, 1.807) is 52.1 Å². The summed E-state index contributed by atoms with van der Waals surface area (Å²) in [5.41, 5.74) is 3.55. The Balaban J connectivity index is 1.48. The minimum atomic E-state index is -0.324. The predicted octanol–water partition coefficient (Wildman–Crippen LogP) is 4.05. The Hall–Kier alpha value is -3.68. The first-order chi connectivity index (χ1) is 16.3. The van der Waals surface area contributed by atoms with Crippen LogP contribution >= 0.6 is 0 Å². The van der Waals surface area contributed by atoms with Crippen molar-refractivity contribution in [2.24, 2.45) is 0 Å². The van der Waals surface area contributed by atoms with Gasteiger partial charge in [0, 0.05) is 31.7 Å². The normalized spacial score (nSPS) is 13.9. The average molecular weight is 465 g/mol. The summed E-state index contributed by atoms with van der Waals surface area (Å²) in [5.74, 6) is 0.207. The van der Waals surface area contributed by atoms with Crippen molar-refractivity contribution < 1.29 is 18.7 Å². The molecule has 2 aromatic carbocycles. The Morgan fingerprint density at radius 3 is 2.18 bits per heavy atom. The number of methoxy groups -OCH3 is 1. The minimum absolute atomic E-state index is 0.0332.